The molecule has 3 rings (SSSR count). The van der Waals surface area contributed by atoms with Gasteiger partial charge in [0.15, 0.2) is 0 Å². The standard InChI is InChI=1S/C16H19N3O5/c1-10-7-15(20)18(16(10)21)11-4-5-13(14(8-11)19(22)23)17-9-12-3-2-6-24-12/h4-5,8,10,12,17H,2-3,6-7,9H2,1H3. The Morgan fingerprint density at radius 3 is 2.79 bits per heavy atom. The Morgan fingerprint density at radius 1 is 1.42 bits per heavy atom. The Kier molecular flexibility index (Phi) is 4.48. The van der Waals surface area contributed by atoms with Crippen molar-refractivity contribution in [3.8, 4) is 0 Å². The molecule has 2 saturated heterocycles. The van der Waals surface area contributed by atoms with E-state index in [0.29, 0.717) is 18.8 Å². The highest BCUT2D eigenvalue weighted by atomic mass is 16.6. The van der Waals surface area contributed by atoms with E-state index in [9.17, 15) is 19.7 Å². The third-order valence-corrected chi connectivity index (χ3v) is 4.35. The number of nitrogens with zero attached hydrogens (tertiary/aromatic N) is 2. The van der Waals surface area contributed by atoms with Gasteiger partial charge in [-0.3, -0.25) is 24.6 Å². The molecule has 2 fully saturated rings. The molecule has 0 bridgehead atoms. The topological polar surface area (TPSA) is 102 Å². The van der Waals surface area contributed by atoms with Crippen LogP contribution in [0, 0.1) is 16.0 Å². The number of anilines is 2. The second-order valence-corrected chi connectivity index (χ2v) is 6.15. The SMILES string of the molecule is CC1CC(=O)N(c2ccc(NCC3CCCO3)c([N+](=O)[O-])c2)C1=O. The monoisotopic (exact) mass is 333 g/mol. The number of carbonyl (C=O) groups excluding carboxylic acids is 2. The van der Waals surface area contributed by atoms with Crippen molar-refractivity contribution in [3.63, 3.8) is 0 Å². The third-order valence-electron chi connectivity index (χ3n) is 4.35. The maximum Gasteiger partial charge on any atom is 0.294 e. The lowest BCUT2D eigenvalue weighted by atomic mass is 10.1. The van der Waals surface area contributed by atoms with Crippen LogP contribution >= 0.6 is 0 Å². The summed E-state index contributed by atoms with van der Waals surface area (Å²) in [5.41, 5.74) is 0.431. The van der Waals surface area contributed by atoms with Crippen LogP contribution in [0.15, 0.2) is 18.2 Å². The molecule has 2 aliphatic heterocycles. The number of rotatable bonds is 5. The van der Waals surface area contributed by atoms with Crippen molar-refractivity contribution >= 4 is 28.9 Å². The van der Waals surface area contributed by atoms with Crippen molar-refractivity contribution in [1.82, 2.24) is 0 Å². The van der Waals surface area contributed by atoms with Crippen LogP contribution in [0.25, 0.3) is 0 Å². The predicted molar refractivity (Wildman–Crippen MR) is 86.8 cm³/mol. The summed E-state index contributed by atoms with van der Waals surface area (Å²) in [5.74, 6) is -1.05. The first-order valence-electron chi connectivity index (χ1n) is 7.98. The maximum absolute atomic E-state index is 12.1. The largest absolute Gasteiger partial charge is 0.377 e. The molecule has 0 saturated carbocycles. The van der Waals surface area contributed by atoms with Crippen LogP contribution in [0.2, 0.25) is 0 Å². The number of amides is 2. The van der Waals surface area contributed by atoms with Crippen LogP contribution in [0.4, 0.5) is 17.1 Å². The molecular formula is C16H19N3O5. The number of ether oxygens (including phenoxy) is 1. The van der Waals surface area contributed by atoms with Crippen LogP contribution in [-0.4, -0.2) is 36.0 Å². The van der Waals surface area contributed by atoms with E-state index < -0.39 is 10.8 Å². The van der Waals surface area contributed by atoms with Gasteiger partial charge in [0.05, 0.1) is 16.7 Å². The summed E-state index contributed by atoms with van der Waals surface area (Å²) in [6.07, 6.45) is 2.09. The number of nitro benzene ring substituents is 1. The van der Waals surface area contributed by atoms with Crippen molar-refractivity contribution in [1.29, 1.82) is 0 Å². The fourth-order valence-corrected chi connectivity index (χ4v) is 3.04. The molecule has 0 aliphatic carbocycles. The highest BCUT2D eigenvalue weighted by Gasteiger charge is 2.37. The highest BCUT2D eigenvalue weighted by Crippen LogP contribution is 2.33. The third kappa shape index (κ3) is 3.09. The predicted octanol–water partition coefficient (Wildman–Crippen LogP) is 2.09. The van der Waals surface area contributed by atoms with E-state index in [2.05, 4.69) is 5.32 Å². The molecule has 1 aromatic carbocycles. The van der Waals surface area contributed by atoms with Gasteiger partial charge in [0, 0.05) is 31.6 Å². The fourth-order valence-electron chi connectivity index (χ4n) is 3.04. The Bertz CT molecular complexity index is 684. The Morgan fingerprint density at radius 2 is 2.21 bits per heavy atom. The van der Waals surface area contributed by atoms with Gasteiger partial charge in [0.25, 0.3) is 5.69 Å². The molecule has 1 aromatic rings. The summed E-state index contributed by atoms with van der Waals surface area (Å²) in [4.78, 5) is 35.9. The lowest BCUT2D eigenvalue weighted by Crippen LogP contribution is -2.30. The molecule has 2 aliphatic rings. The van der Waals surface area contributed by atoms with Gasteiger partial charge in [0.2, 0.25) is 11.8 Å². The molecule has 0 radical (unpaired) electrons. The number of carbonyl (C=O) groups is 2. The zero-order chi connectivity index (χ0) is 17.3. The number of imide groups is 1. The van der Waals surface area contributed by atoms with Crippen LogP contribution in [0.5, 0.6) is 0 Å². The smallest absolute Gasteiger partial charge is 0.294 e. The summed E-state index contributed by atoms with van der Waals surface area (Å²) in [5, 5.41) is 14.4. The minimum atomic E-state index is -0.518. The lowest BCUT2D eigenvalue weighted by Gasteiger charge is -2.16. The molecule has 8 nitrogen and oxygen atoms in total. The molecule has 24 heavy (non-hydrogen) atoms. The molecule has 2 unspecified atom stereocenters. The minimum absolute atomic E-state index is 0.0480. The lowest BCUT2D eigenvalue weighted by molar-refractivity contribution is -0.383. The number of nitrogens with one attached hydrogen (secondary N) is 1. The van der Waals surface area contributed by atoms with E-state index in [4.69, 9.17) is 4.74 Å². The first-order valence-corrected chi connectivity index (χ1v) is 7.98. The summed E-state index contributed by atoms with van der Waals surface area (Å²) >= 11 is 0. The fraction of sp³-hybridized carbons (Fsp3) is 0.500. The Balaban J connectivity index is 1.83. The van der Waals surface area contributed by atoms with Crippen molar-refractivity contribution in [2.45, 2.75) is 32.3 Å². The first kappa shape index (κ1) is 16.4. The first-order chi connectivity index (χ1) is 11.5. The molecule has 2 atom stereocenters. The second kappa shape index (κ2) is 6.56. The van der Waals surface area contributed by atoms with Gasteiger partial charge in [-0.05, 0) is 25.0 Å². The van der Waals surface area contributed by atoms with Gasteiger partial charge in [-0.2, -0.15) is 0 Å². The molecule has 2 heterocycles. The molecule has 1 N–H and O–H groups in total. The summed E-state index contributed by atoms with van der Waals surface area (Å²) in [6, 6.07) is 4.36. The Hall–Kier alpha value is -2.48. The average Bonchev–Trinajstić information content (AvgIpc) is 3.14. The minimum Gasteiger partial charge on any atom is -0.377 e. The van der Waals surface area contributed by atoms with E-state index in [0.717, 1.165) is 17.7 Å². The average molecular weight is 333 g/mol. The van der Waals surface area contributed by atoms with Crippen LogP contribution in [-0.2, 0) is 14.3 Å². The van der Waals surface area contributed by atoms with Gasteiger partial charge in [0.1, 0.15) is 5.69 Å². The maximum atomic E-state index is 12.1. The second-order valence-electron chi connectivity index (χ2n) is 6.15. The van der Waals surface area contributed by atoms with Crippen LogP contribution in [0.3, 0.4) is 0 Å². The number of hydrogen-bond acceptors (Lipinski definition) is 6. The molecule has 8 heteroatoms. The van der Waals surface area contributed by atoms with Crippen LogP contribution in [0.1, 0.15) is 26.2 Å². The molecule has 2 amide bonds. The van der Waals surface area contributed by atoms with Gasteiger partial charge in [-0.25, -0.2) is 0 Å². The molecule has 0 aromatic heterocycles. The quantitative estimate of drug-likeness (QED) is 0.503. The molecular weight excluding hydrogens is 314 g/mol. The van der Waals surface area contributed by atoms with Gasteiger partial charge >= 0.3 is 0 Å². The van der Waals surface area contributed by atoms with E-state index in [-0.39, 0.29) is 35.7 Å². The van der Waals surface area contributed by atoms with Crippen molar-refractivity contribution in [3.05, 3.63) is 28.3 Å². The normalized spacial score (nSPS) is 23.8. The molecule has 128 valence electrons. The Labute approximate surface area is 138 Å². The van der Waals surface area contributed by atoms with Gasteiger partial charge < -0.3 is 10.1 Å². The van der Waals surface area contributed by atoms with Gasteiger partial charge in [-0.1, -0.05) is 6.92 Å². The van der Waals surface area contributed by atoms with E-state index in [1.165, 1.54) is 12.1 Å². The van der Waals surface area contributed by atoms with Crippen molar-refractivity contribution in [2.75, 3.05) is 23.4 Å². The highest BCUT2D eigenvalue weighted by molar-refractivity contribution is 6.21. The van der Waals surface area contributed by atoms with Crippen LogP contribution < -0.4 is 10.2 Å². The summed E-state index contributed by atoms with van der Waals surface area (Å²) in [7, 11) is 0. The van der Waals surface area contributed by atoms with E-state index in [1.54, 1.807) is 13.0 Å². The van der Waals surface area contributed by atoms with Gasteiger partial charge in [-0.15, -0.1) is 0 Å². The summed E-state index contributed by atoms with van der Waals surface area (Å²) < 4.78 is 5.49. The zero-order valence-electron chi connectivity index (χ0n) is 13.4. The van der Waals surface area contributed by atoms with E-state index in [1.807, 2.05) is 0 Å². The van der Waals surface area contributed by atoms with Crippen molar-refractivity contribution < 1.29 is 19.2 Å². The number of hydrogen-bond donors (Lipinski definition) is 1. The molecule has 0 spiro atoms. The zero-order valence-corrected chi connectivity index (χ0v) is 13.4. The summed E-state index contributed by atoms with van der Waals surface area (Å²) in [6.45, 7) is 2.87. The van der Waals surface area contributed by atoms with E-state index >= 15 is 0 Å². The number of benzene rings is 1. The number of nitro groups is 1. The van der Waals surface area contributed by atoms with Crippen molar-refractivity contribution in [2.24, 2.45) is 5.92 Å².